The third-order valence-electron chi connectivity index (χ3n) is 5.26. The predicted octanol–water partition coefficient (Wildman–Crippen LogP) is 2.13. The number of nitriles is 1. The number of hydrogen-bond acceptors (Lipinski definition) is 5. The minimum Gasteiger partial charge on any atom is -0.366 e. The fourth-order valence-corrected chi connectivity index (χ4v) is 4.12. The average Bonchev–Trinajstić information content (AvgIpc) is 3.00. The maximum Gasteiger partial charge on any atom is 0.113 e. The number of aryl methyl sites for hydroxylation is 1. The van der Waals surface area contributed by atoms with Crippen molar-refractivity contribution in [2.75, 3.05) is 18.0 Å². The zero-order valence-electron chi connectivity index (χ0n) is 14.0. The standard InChI is InChI=1S/C19H18N6/c1-12-4-6-25-19(18(12)24-10-14-7-15(11-24)22-14)16(8-20)17(23-25)13-3-2-5-21-9-13/h2-6,9,14-15,22H,7,10-11H2,1H3. The molecule has 2 atom stereocenters. The van der Waals surface area contributed by atoms with E-state index in [0.717, 1.165) is 29.9 Å². The first-order valence-electron chi connectivity index (χ1n) is 8.58. The Hall–Kier alpha value is -2.91. The van der Waals surface area contributed by atoms with Crippen molar-refractivity contribution >= 4 is 11.2 Å². The molecule has 124 valence electrons. The molecule has 6 nitrogen and oxygen atoms in total. The Morgan fingerprint density at radius 3 is 2.76 bits per heavy atom. The highest BCUT2D eigenvalue weighted by atomic mass is 15.3. The van der Waals surface area contributed by atoms with Crippen LogP contribution < -0.4 is 10.2 Å². The first-order chi connectivity index (χ1) is 12.2. The highest BCUT2D eigenvalue weighted by Gasteiger charge is 2.38. The van der Waals surface area contributed by atoms with Crippen molar-refractivity contribution in [2.45, 2.75) is 25.4 Å². The van der Waals surface area contributed by atoms with Gasteiger partial charge in [-0.3, -0.25) is 4.98 Å². The zero-order chi connectivity index (χ0) is 17.0. The molecule has 3 aromatic rings. The Labute approximate surface area is 145 Å². The van der Waals surface area contributed by atoms with Gasteiger partial charge in [-0.25, -0.2) is 4.52 Å². The minimum atomic E-state index is 0.560. The first kappa shape index (κ1) is 14.4. The Kier molecular flexibility index (Phi) is 3.06. The van der Waals surface area contributed by atoms with E-state index in [9.17, 15) is 5.26 Å². The summed E-state index contributed by atoms with van der Waals surface area (Å²) in [5, 5.41) is 18.1. The van der Waals surface area contributed by atoms with Crippen LogP contribution in [0.1, 0.15) is 17.5 Å². The van der Waals surface area contributed by atoms with E-state index >= 15 is 0 Å². The van der Waals surface area contributed by atoms with Gasteiger partial charge < -0.3 is 10.2 Å². The second-order valence-electron chi connectivity index (χ2n) is 6.92. The summed E-state index contributed by atoms with van der Waals surface area (Å²) in [5.41, 5.74) is 5.42. The van der Waals surface area contributed by atoms with Crippen LogP contribution in [0.3, 0.4) is 0 Å². The lowest BCUT2D eigenvalue weighted by Crippen LogP contribution is -2.67. The number of pyridine rings is 2. The van der Waals surface area contributed by atoms with E-state index in [4.69, 9.17) is 5.10 Å². The number of piperidine rings is 1. The van der Waals surface area contributed by atoms with Gasteiger partial charge in [0.25, 0.3) is 0 Å². The fourth-order valence-electron chi connectivity index (χ4n) is 4.12. The smallest absolute Gasteiger partial charge is 0.113 e. The number of hydrogen-bond donors (Lipinski definition) is 1. The van der Waals surface area contributed by atoms with Gasteiger partial charge in [0.15, 0.2) is 0 Å². The molecule has 3 aliphatic rings. The lowest BCUT2D eigenvalue weighted by molar-refractivity contribution is 0.226. The average molecular weight is 330 g/mol. The van der Waals surface area contributed by atoms with Crippen LogP contribution in [0.5, 0.6) is 0 Å². The van der Waals surface area contributed by atoms with Gasteiger partial charge in [0.05, 0.1) is 5.69 Å². The molecule has 6 rings (SSSR count). The van der Waals surface area contributed by atoms with Crippen LogP contribution in [-0.2, 0) is 0 Å². The van der Waals surface area contributed by atoms with Crippen molar-refractivity contribution in [1.82, 2.24) is 19.9 Å². The van der Waals surface area contributed by atoms with E-state index in [1.165, 1.54) is 12.0 Å². The quantitative estimate of drug-likeness (QED) is 0.779. The second kappa shape index (κ2) is 5.30. The fraction of sp³-hybridized carbons (Fsp3) is 0.316. The van der Waals surface area contributed by atoms with Gasteiger partial charge in [0, 0.05) is 49.3 Å². The number of aromatic nitrogens is 3. The Balaban J connectivity index is 1.74. The maximum absolute atomic E-state index is 9.89. The van der Waals surface area contributed by atoms with E-state index in [0.29, 0.717) is 23.3 Å². The molecule has 3 fully saturated rings. The second-order valence-corrected chi connectivity index (χ2v) is 6.92. The van der Waals surface area contributed by atoms with Gasteiger partial charge in [-0.1, -0.05) is 0 Å². The molecule has 6 heteroatoms. The molecule has 2 unspecified atom stereocenters. The van der Waals surface area contributed by atoms with Crippen molar-refractivity contribution in [1.29, 1.82) is 5.26 Å². The van der Waals surface area contributed by atoms with Crippen LogP contribution in [0, 0.1) is 18.3 Å². The van der Waals surface area contributed by atoms with Crippen LogP contribution in [-0.4, -0.2) is 39.8 Å². The Morgan fingerprint density at radius 1 is 1.28 bits per heavy atom. The van der Waals surface area contributed by atoms with Gasteiger partial charge in [0.2, 0.25) is 0 Å². The van der Waals surface area contributed by atoms with E-state index in [-0.39, 0.29) is 0 Å². The molecule has 6 heterocycles. The highest BCUT2D eigenvalue weighted by molar-refractivity contribution is 5.88. The third-order valence-corrected chi connectivity index (χ3v) is 5.26. The Morgan fingerprint density at radius 2 is 2.08 bits per heavy atom. The number of fused-ring (bicyclic) bond motifs is 3. The molecule has 25 heavy (non-hydrogen) atoms. The van der Waals surface area contributed by atoms with E-state index in [2.05, 4.69) is 34.3 Å². The van der Waals surface area contributed by atoms with Crippen molar-refractivity contribution in [3.63, 3.8) is 0 Å². The molecule has 3 saturated heterocycles. The lowest BCUT2D eigenvalue weighted by Gasteiger charge is -2.49. The van der Waals surface area contributed by atoms with Gasteiger partial charge >= 0.3 is 0 Å². The van der Waals surface area contributed by atoms with E-state index < -0.39 is 0 Å². The molecule has 0 amide bonds. The molecule has 0 aromatic carbocycles. The molecule has 2 bridgehead atoms. The Bertz CT molecular complexity index is 984. The van der Waals surface area contributed by atoms with Crippen LogP contribution >= 0.6 is 0 Å². The van der Waals surface area contributed by atoms with Gasteiger partial charge in [-0.2, -0.15) is 10.4 Å². The van der Waals surface area contributed by atoms with Crippen LogP contribution in [0.4, 0.5) is 5.69 Å². The number of nitrogens with zero attached hydrogens (tertiary/aromatic N) is 5. The molecule has 3 aliphatic heterocycles. The monoisotopic (exact) mass is 330 g/mol. The summed E-state index contributed by atoms with van der Waals surface area (Å²) in [6.07, 6.45) is 6.69. The third kappa shape index (κ3) is 2.13. The van der Waals surface area contributed by atoms with E-state index in [1.807, 2.05) is 22.8 Å². The van der Waals surface area contributed by atoms with Gasteiger partial charge in [-0.05, 0) is 37.1 Å². The zero-order valence-corrected chi connectivity index (χ0v) is 14.0. The van der Waals surface area contributed by atoms with Crippen LogP contribution in [0.2, 0.25) is 0 Å². The van der Waals surface area contributed by atoms with Crippen molar-refractivity contribution in [3.8, 4) is 17.3 Å². The molecular formula is C19H18N6. The topological polar surface area (TPSA) is 69.2 Å². The van der Waals surface area contributed by atoms with Gasteiger partial charge in [0.1, 0.15) is 22.8 Å². The summed E-state index contributed by atoms with van der Waals surface area (Å²) >= 11 is 0. The summed E-state index contributed by atoms with van der Waals surface area (Å²) < 4.78 is 1.84. The number of rotatable bonds is 2. The van der Waals surface area contributed by atoms with Crippen molar-refractivity contribution in [2.24, 2.45) is 0 Å². The van der Waals surface area contributed by atoms with Crippen LogP contribution in [0.15, 0.2) is 36.8 Å². The number of piperazine rings is 1. The molecule has 0 radical (unpaired) electrons. The first-order valence-corrected chi connectivity index (χ1v) is 8.58. The number of anilines is 1. The van der Waals surface area contributed by atoms with Crippen LogP contribution in [0.25, 0.3) is 16.8 Å². The lowest BCUT2D eigenvalue weighted by atomic mass is 9.90. The summed E-state index contributed by atoms with van der Waals surface area (Å²) in [4.78, 5) is 6.59. The molecule has 0 spiro atoms. The normalized spacial score (nSPS) is 21.8. The summed E-state index contributed by atoms with van der Waals surface area (Å²) in [6.45, 7) is 4.07. The van der Waals surface area contributed by atoms with Crippen molar-refractivity contribution < 1.29 is 0 Å². The summed E-state index contributed by atoms with van der Waals surface area (Å²) in [5.74, 6) is 0. The summed E-state index contributed by atoms with van der Waals surface area (Å²) in [7, 11) is 0. The predicted molar refractivity (Wildman–Crippen MR) is 95.4 cm³/mol. The van der Waals surface area contributed by atoms with Crippen molar-refractivity contribution in [3.05, 3.63) is 47.9 Å². The SMILES string of the molecule is Cc1ccn2nc(-c3cccnc3)c(C#N)c2c1N1CC2CC(C1)N2. The number of nitrogens with one attached hydrogen (secondary N) is 1. The van der Waals surface area contributed by atoms with E-state index in [1.54, 1.807) is 12.4 Å². The molecule has 3 aromatic heterocycles. The maximum atomic E-state index is 9.89. The largest absolute Gasteiger partial charge is 0.366 e. The van der Waals surface area contributed by atoms with Gasteiger partial charge in [-0.15, -0.1) is 0 Å². The highest BCUT2D eigenvalue weighted by Crippen LogP contribution is 2.36. The molecule has 1 N–H and O–H groups in total. The minimum absolute atomic E-state index is 0.560. The summed E-state index contributed by atoms with van der Waals surface area (Å²) in [6, 6.07) is 9.41. The molecular weight excluding hydrogens is 312 g/mol. The molecule has 0 saturated carbocycles. The molecule has 0 aliphatic carbocycles.